The summed E-state index contributed by atoms with van der Waals surface area (Å²) >= 11 is 0. The van der Waals surface area contributed by atoms with Crippen LogP contribution in [-0.4, -0.2) is 0 Å². The van der Waals surface area contributed by atoms with Gasteiger partial charge in [0.15, 0.2) is 5.69 Å². The first-order valence-electron chi connectivity index (χ1n) is 9.97. The highest BCUT2D eigenvalue weighted by atomic mass is 14.9. The van der Waals surface area contributed by atoms with Crippen LogP contribution in [-0.2, 0) is 7.05 Å². The van der Waals surface area contributed by atoms with Crippen molar-refractivity contribution in [1.29, 1.82) is 0 Å². The minimum atomic E-state index is 0.764. The van der Waals surface area contributed by atoms with Crippen molar-refractivity contribution in [3.05, 3.63) is 64.3 Å². The van der Waals surface area contributed by atoms with Gasteiger partial charge in [-0.3, -0.25) is 0 Å². The number of fused-ring (bicyclic) bond motifs is 1. The van der Waals surface area contributed by atoms with Crippen molar-refractivity contribution in [2.45, 2.75) is 59.3 Å². The van der Waals surface area contributed by atoms with Crippen LogP contribution in [0.2, 0.25) is 0 Å². The Labute approximate surface area is 157 Å². The molecule has 1 aliphatic carbocycles. The minimum Gasteiger partial charge on any atom is -0.198 e. The number of hydrogen-bond donors (Lipinski definition) is 0. The Bertz CT molecular complexity index is 991. The quantitative estimate of drug-likeness (QED) is 0.486. The second-order valence-electron chi connectivity index (χ2n) is 8.28. The summed E-state index contributed by atoms with van der Waals surface area (Å²) in [5.74, 6) is 0.764. The lowest BCUT2D eigenvalue weighted by Crippen LogP contribution is -2.35. The predicted octanol–water partition coefficient (Wildman–Crippen LogP) is 6.22. The maximum atomic E-state index is 2.46. The van der Waals surface area contributed by atoms with Gasteiger partial charge in [0.05, 0.1) is 10.9 Å². The van der Waals surface area contributed by atoms with Crippen molar-refractivity contribution in [2.75, 3.05) is 0 Å². The molecule has 0 unspecified atom stereocenters. The summed E-state index contributed by atoms with van der Waals surface area (Å²) in [7, 11) is 2.20. The van der Waals surface area contributed by atoms with Crippen LogP contribution < -0.4 is 4.57 Å². The molecular weight excluding hydrogens is 314 g/mol. The molecule has 3 aromatic rings. The third-order valence-electron chi connectivity index (χ3n) is 6.45. The fourth-order valence-electron chi connectivity index (χ4n) is 4.72. The van der Waals surface area contributed by atoms with Crippen LogP contribution in [0.15, 0.2) is 36.4 Å². The second-order valence-corrected chi connectivity index (χ2v) is 8.28. The van der Waals surface area contributed by atoms with Gasteiger partial charge in [-0.2, -0.15) is 4.57 Å². The minimum absolute atomic E-state index is 0.764. The molecule has 26 heavy (non-hydrogen) atoms. The largest absolute Gasteiger partial charge is 0.220 e. The molecule has 2 aromatic carbocycles. The summed E-state index contributed by atoms with van der Waals surface area (Å²) in [4.78, 5) is 0. The van der Waals surface area contributed by atoms with Gasteiger partial charge in [-0.1, -0.05) is 36.6 Å². The zero-order valence-corrected chi connectivity index (χ0v) is 16.8. The van der Waals surface area contributed by atoms with Gasteiger partial charge in [0.2, 0.25) is 5.69 Å². The smallest absolute Gasteiger partial charge is 0.198 e. The van der Waals surface area contributed by atoms with E-state index in [4.69, 9.17) is 0 Å². The highest BCUT2D eigenvalue weighted by molar-refractivity contribution is 5.94. The molecular formula is C25H30N+. The first-order chi connectivity index (χ1) is 12.5. The van der Waals surface area contributed by atoms with Gasteiger partial charge in [-0.25, -0.2) is 0 Å². The fraction of sp³-hybridized carbons (Fsp3) is 0.400. The summed E-state index contributed by atoms with van der Waals surface area (Å²) in [5, 5.41) is 2.76. The molecule has 0 bridgehead atoms. The Hall–Kier alpha value is -2.15. The van der Waals surface area contributed by atoms with E-state index in [-0.39, 0.29) is 0 Å². The highest BCUT2D eigenvalue weighted by Gasteiger charge is 2.22. The summed E-state index contributed by atoms with van der Waals surface area (Å²) in [5.41, 5.74) is 9.66. The molecule has 0 atom stereocenters. The van der Waals surface area contributed by atoms with E-state index < -0.39 is 0 Å². The van der Waals surface area contributed by atoms with Crippen LogP contribution in [0.5, 0.6) is 0 Å². The summed E-state index contributed by atoms with van der Waals surface area (Å²) in [6.07, 6.45) is 5.49. The van der Waals surface area contributed by atoms with Crippen LogP contribution in [0.1, 0.15) is 59.5 Å². The van der Waals surface area contributed by atoms with Crippen LogP contribution >= 0.6 is 0 Å². The third-order valence-corrected chi connectivity index (χ3v) is 6.45. The van der Waals surface area contributed by atoms with E-state index in [0.29, 0.717) is 0 Å². The van der Waals surface area contributed by atoms with E-state index in [1.54, 1.807) is 0 Å². The molecule has 1 heterocycles. The molecule has 1 fully saturated rings. The molecule has 4 rings (SSSR count). The van der Waals surface area contributed by atoms with Gasteiger partial charge in [-0.15, -0.1) is 0 Å². The normalized spacial score (nSPS) is 15.1. The highest BCUT2D eigenvalue weighted by Crippen LogP contribution is 2.37. The average molecular weight is 345 g/mol. The number of pyridine rings is 1. The van der Waals surface area contributed by atoms with Crippen molar-refractivity contribution in [3.63, 3.8) is 0 Å². The van der Waals surface area contributed by atoms with Gasteiger partial charge in [0.1, 0.15) is 7.05 Å². The number of benzene rings is 2. The van der Waals surface area contributed by atoms with Gasteiger partial charge < -0.3 is 0 Å². The molecule has 1 aromatic heterocycles. The average Bonchev–Trinajstić information content (AvgIpc) is 3.14. The number of aromatic nitrogens is 1. The zero-order chi connectivity index (χ0) is 18.4. The summed E-state index contributed by atoms with van der Waals surface area (Å²) < 4.78 is 2.36. The van der Waals surface area contributed by atoms with Crippen molar-refractivity contribution in [2.24, 2.45) is 7.05 Å². The van der Waals surface area contributed by atoms with Gasteiger partial charge >= 0.3 is 0 Å². The van der Waals surface area contributed by atoms with E-state index in [0.717, 1.165) is 5.92 Å². The van der Waals surface area contributed by atoms with Gasteiger partial charge in [0.25, 0.3) is 0 Å². The molecule has 0 aliphatic heterocycles. The topological polar surface area (TPSA) is 3.88 Å². The van der Waals surface area contributed by atoms with Gasteiger partial charge in [-0.05, 0) is 73.7 Å². The Kier molecular flexibility index (Phi) is 4.34. The Balaban J connectivity index is 1.98. The van der Waals surface area contributed by atoms with E-state index in [2.05, 4.69) is 75.7 Å². The third kappa shape index (κ3) is 2.84. The van der Waals surface area contributed by atoms with E-state index in [1.165, 1.54) is 75.7 Å². The first kappa shape index (κ1) is 17.3. The van der Waals surface area contributed by atoms with Crippen LogP contribution in [0.3, 0.4) is 0 Å². The monoisotopic (exact) mass is 344 g/mol. The van der Waals surface area contributed by atoms with Crippen molar-refractivity contribution in [1.82, 2.24) is 0 Å². The standard InChI is InChI=1S/C25H30N/c1-16-12-17(2)19(4)24(13-16)25-23-11-10-21(20-8-6-7-9-20)15-22(23)14-18(3)26(25)5/h10-15,20H,6-9H2,1-5H3/q+1. The number of aryl methyl sites for hydroxylation is 3. The lowest BCUT2D eigenvalue weighted by molar-refractivity contribution is -0.665. The molecule has 1 nitrogen and oxygen atoms in total. The lowest BCUT2D eigenvalue weighted by atomic mass is 9.91. The zero-order valence-electron chi connectivity index (χ0n) is 16.8. The van der Waals surface area contributed by atoms with Crippen molar-refractivity contribution < 1.29 is 4.57 Å². The Morgan fingerprint density at radius 1 is 0.885 bits per heavy atom. The van der Waals surface area contributed by atoms with Crippen molar-refractivity contribution >= 4 is 10.8 Å². The van der Waals surface area contributed by atoms with Crippen LogP contribution in [0.25, 0.3) is 22.0 Å². The lowest BCUT2D eigenvalue weighted by Gasteiger charge is -2.15. The SMILES string of the molecule is Cc1cc(C)c(C)c(-c2c3ccc(C4CCCC4)cc3cc(C)[n+]2C)c1. The van der Waals surface area contributed by atoms with Crippen LogP contribution in [0, 0.1) is 27.7 Å². The molecule has 1 heteroatoms. The van der Waals surface area contributed by atoms with Gasteiger partial charge in [0, 0.05) is 13.0 Å². The second kappa shape index (κ2) is 6.54. The molecule has 134 valence electrons. The molecule has 1 aliphatic rings. The Morgan fingerprint density at radius 3 is 2.35 bits per heavy atom. The molecule has 0 saturated heterocycles. The number of nitrogens with zero attached hydrogens (tertiary/aromatic N) is 1. The maximum Gasteiger partial charge on any atom is 0.220 e. The van der Waals surface area contributed by atoms with E-state index >= 15 is 0 Å². The van der Waals surface area contributed by atoms with E-state index in [1.807, 2.05) is 0 Å². The van der Waals surface area contributed by atoms with Crippen molar-refractivity contribution in [3.8, 4) is 11.3 Å². The summed E-state index contributed by atoms with van der Waals surface area (Å²) in [6.45, 7) is 8.91. The van der Waals surface area contributed by atoms with Crippen LogP contribution in [0.4, 0.5) is 0 Å². The molecule has 1 saturated carbocycles. The molecule has 0 amide bonds. The molecule has 0 N–H and O–H groups in total. The Morgan fingerprint density at radius 2 is 1.62 bits per heavy atom. The number of rotatable bonds is 2. The predicted molar refractivity (Wildman–Crippen MR) is 111 cm³/mol. The molecule has 0 spiro atoms. The van der Waals surface area contributed by atoms with E-state index in [9.17, 15) is 0 Å². The molecule has 0 radical (unpaired) electrons. The summed E-state index contributed by atoms with van der Waals surface area (Å²) in [6, 6.07) is 14.2. The maximum absolute atomic E-state index is 2.46. The number of hydrogen-bond acceptors (Lipinski definition) is 0. The first-order valence-corrected chi connectivity index (χ1v) is 9.97. The fourth-order valence-corrected chi connectivity index (χ4v) is 4.72.